The lowest BCUT2D eigenvalue weighted by Gasteiger charge is -2.23. The molecule has 0 aliphatic heterocycles. The third kappa shape index (κ3) is 2.88. The van der Waals surface area contributed by atoms with Crippen LogP contribution < -0.4 is 4.74 Å². The first kappa shape index (κ1) is 13.3. The molecule has 0 aromatic heterocycles. The van der Waals surface area contributed by atoms with Gasteiger partial charge in [0.2, 0.25) is 0 Å². The SMILES string of the molecule is COc1ccc(F)cc1C(Cl)C(C)C(C)C. The minimum Gasteiger partial charge on any atom is -0.496 e. The molecule has 0 aliphatic carbocycles. The molecular formula is C13H18ClFO. The van der Waals surface area contributed by atoms with Gasteiger partial charge in [-0.2, -0.15) is 0 Å². The maximum Gasteiger partial charge on any atom is 0.123 e. The predicted molar refractivity (Wildman–Crippen MR) is 65.5 cm³/mol. The Morgan fingerprint density at radius 3 is 2.38 bits per heavy atom. The fraction of sp³-hybridized carbons (Fsp3) is 0.538. The Bertz CT molecular complexity index is 352. The summed E-state index contributed by atoms with van der Waals surface area (Å²) in [6, 6.07) is 4.45. The summed E-state index contributed by atoms with van der Waals surface area (Å²) in [7, 11) is 1.57. The van der Waals surface area contributed by atoms with Crippen LogP contribution in [0.15, 0.2) is 18.2 Å². The Labute approximate surface area is 102 Å². The minimum absolute atomic E-state index is 0.231. The highest BCUT2D eigenvalue weighted by Gasteiger charge is 2.23. The van der Waals surface area contributed by atoms with E-state index < -0.39 is 0 Å². The van der Waals surface area contributed by atoms with Crippen LogP contribution >= 0.6 is 11.6 Å². The summed E-state index contributed by atoms with van der Waals surface area (Å²) in [6.07, 6.45) is 0. The van der Waals surface area contributed by atoms with Gasteiger partial charge in [-0.1, -0.05) is 20.8 Å². The van der Waals surface area contributed by atoms with Gasteiger partial charge in [0.05, 0.1) is 12.5 Å². The quantitative estimate of drug-likeness (QED) is 0.713. The van der Waals surface area contributed by atoms with E-state index in [2.05, 4.69) is 20.8 Å². The van der Waals surface area contributed by atoms with Gasteiger partial charge in [0.15, 0.2) is 0 Å². The number of benzene rings is 1. The second-order valence-corrected chi connectivity index (χ2v) is 4.86. The molecule has 3 heteroatoms. The fourth-order valence-electron chi connectivity index (χ4n) is 1.54. The number of hydrogen-bond donors (Lipinski definition) is 0. The van der Waals surface area contributed by atoms with E-state index in [4.69, 9.17) is 16.3 Å². The molecule has 0 bridgehead atoms. The molecule has 2 unspecified atom stereocenters. The van der Waals surface area contributed by atoms with E-state index in [0.29, 0.717) is 11.7 Å². The van der Waals surface area contributed by atoms with E-state index in [1.807, 2.05) is 0 Å². The van der Waals surface area contributed by atoms with Crippen molar-refractivity contribution in [2.45, 2.75) is 26.1 Å². The Morgan fingerprint density at radius 2 is 1.88 bits per heavy atom. The third-order valence-corrected chi connectivity index (χ3v) is 3.63. The third-order valence-electron chi connectivity index (χ3n) is 3.00. The molecule has 1 rings (SSSR count). The first-order chi connectivity index (χ1) is 7.47. The van der Waals surface area contributed by atoms with E-state index >= 15 is 0 Å². The van der Waals surface area contributed by atoms with Crippen LogP contribution in [0.3, 0.4) is 0 Å². The smallest absolute Gasteiger partial charge is 0.123 e. The van der Waals surface area contributed by atoms with Gasteiger partial charge in [-0.05, 0) is 30.0 Å². The molecule has 0 heterocycles. The zero-order chi connectivity index (χ0) is 12.3. The van der Waals surface area contributed by atoms with Gasteiger partial charge in [-0.3, -0.25) is 0 Å². The summed E-state index contributed by atoms with van der Waals surface area (Å²) in [5.74, 6) is 1.07. The first-order valence-electron chi connectivity index (χ1n) is 5.44. The highest BCUT2D eigenvalue weighted by atomic mass is 35.5. The molecule has 0 fully saturated rings. The van der Waals surface area contributed by atoms with Crippen molar-refractivity contribution in [3.63, 3.8) is 0 Å². The van der Waals surface area contributed by atoms with Crippen molar-refractivity contribution in [1.82, 2.24) is 0 Å². The van der Waals surface area contributed by atoms with Crippen molar-refractivity contribution in [2.75, 3.05) is 7.11 Å². The van der Waals surface area contributed by atoms with Gasteiger partial charge in [0.1, 0.15) is 11.6 Å². The normalized spacial score (nSPS) is 14.9. The van der Waals surface area contributed by atoms with Gasteiger partial charge < -0.3 is 4.74 Å². The molecule has 1 nitrogen and oxygen atoms in total. The summed E-state index contributed by atoms with van der Waals surface area (Å²) < 4.78 is 18.4. The highest BCUT2D eigenvalue weighted by Crippen LogP contribution is 2.38. The van der Waals surface area contributed by atoms with Crippen LogP contribution in [-0.4, -0.2) is 7.11 Å². The van der Waals surface area contributed by atoms with Crippen molar-refractivity contribution in [2.24, 2.45) is 11.8 Å². The zero-order valence-corrected chi connectivity index (χ0v) is 10.9. The van der Waals surface area contributed by atoms with Crippen LogP contribution in [0.2, 0.25) is 0 Å². The second-order valence-electron chi connectivity index (χ2n) is 4.39. The fourth-order valence-corrected chi connectivity index (χ4v) is 2.00. The molecule has 0 amide bonds. The van der Waals surface area contributed by atoms with Gasteiger partial charge in [-0.15, -0.1) is 11.6 Å². The van der Waals surface area contributed by atoms with Crippen molar-refractivity contribution in [3.8, 4) is 5.75 Å². The summed E-state index contributed by atoms with van der Waals surface area (Å²) in [5, 5.41) is -0.231. The summed E-state index contributed by atoms with van der Waals surface area (Å²) in [5.41, 5.74) is 0.727. The molecule has 0 radical (unpaired) electrons. The lowest BCUT2D eigenvalue weighted by molar-refractivity contribution is 0.378. The highest BCUT2D eigenvalue weighted by molar-refractivity contribution is 6.21. The minimum atomic E-state index is -0.280. The summed E-state index contributed by atoms with van der Waals surface area (Å²) in [4.78, 5) is 0. The van der Waals surface area contributed by atoms with E-state index in [-0.39, 0.29) is 17.1 Å². The maximum absolute atomic E-state index is 13.2. The Hall–Kier alpha value is -0.760. The number of alkyl halides is 1. The van der Waals surface area contributed by atoms with Crippen LogP contribution in [0.1, 0.15) is 31.7 Å². The van der Waals surface area contributed by atoms with Gasteiger partial charge >= 0.3 is 0 Å². The molecule has 0 saturated carbocycles. The van der Waals surface area contributed by atoms with Crippen molar-refractivity contribution in [1.29, 1.82) is 0 Å². The van der Waals surface area contributed by atoms with Crippen LogP contribution in [0.4, 0.5) is 4.39 Å². The average molecular weight is 245 g/mol. The molecule has 0 saturated heterocycles. The number of halogens is 2. The number of hydrogen-bond acceptors (Lipinski definition) is 1. The van der Waals surface area contributed by atoms with E-state index in [9.17, 15) is 4.39 Å². The van der Waals surface area contributed by atoms with Crippen LogP contribution in [0.5, 0.6) is 5.75 Å². The molecule has 1 aromatic carbocycles. The Kier molecular flexibility index (Phi) is 4.60. The lowest BCUT2D eigenvalue weighted by atomic mass is 9.90. The zero-order valence-electron chi connectivity index (χ0n) is 10.1. The van der Waals surface area contributed by atoms with Crippen molar-refractivity contribution >= 4 is 11.6 Å². The van der Waals surface area contributed by atoms with Crippen LogP contribution in [-0.2, 0) is 0 Å². The maximum atomic E-state index is 13.2. The van der Waals surface area contributed by atoms with Gasteiger partial charge in [-0.25, -0.2) is 4.39 Å². The molecule has 2 atom stereocenters. The molecule has 0 spiro atoms. The van der Waals surface area contributed by atoms with Gasteiger partial charge in [0, 0.05) is 5.56 Å². The largest absolute Gasteiger partial charge is 0.496 e. The summed E-state index contributed by atoms with van der Waals surface area (Å²) in [6.45, 7) is 6.27. The molecule has 90 valence electrons. The molecule has 0 N–H and O–H groups in total. The van der Waals surface area contributed by atoms with Gasteiger partial charge in [0.25, 0.3) is 0 Å². The number of ether oxygens (including phenoxy) is 1. The number of methoxy groups -OCH3 is 1. The lowest BCUT2D eigenvalue weighted by Crippen LogP contribution is -2.12. The van der Waals surface area contributed by atoms with Crippen LogP contribution in [0.25, 0.3) is 0 Å². The van der Waals surface area contributed by atoms with E-state index in [1.165, 1.54) is 12.1 Å². The summed E-state index contributed by atoms with van der Waals surface area (Å²) >= 11 is 6.36. The van der Waals surface area contributed by atoms with Crippen molar-refractivity contribution < 1.29 is 9.13 Å². The first-order valence-corrected chi connectivity index (χ1v) is 5.88. The topological polar surface area (TPSA) is 9.23 Å². The predicted octanol–water partition coefficient (Wildman–Crippen LogP) is 4.41. The van der Waals surface area contributed by atoms with E-state index in [0.717, 1.165) is 5.56 Å². The molecule has 16 heavy (non-hydrogen) atoms. The van der Waals surface area contributed by atoms with Crippen LogP contribution in [0, 0.1) is 17.7 Å². The Morgan fingerprint density at radius 1 is 1.25 bits per heavy atom. The van der Waals surface area contributed by atoms with E-state index in [1.54, 1.807) is 13.2 Å². The Balaban J connectivity index is 3.05. The standard InChI is InChI=1S/C13H18ClFO/c1-8(2)9(3)13(14)11-7-10(15)5-6-12(11)16-4/h5-9,13H,1-4H3. The number of rotatable bonds is 4. The van der Waals surface area contributed by atoms with Crippen molar-refractivity contribution in [3.05, 3.63) is 29.6 Å². The molecule has 1 aromatic rings. The second kappa shape index (κ2) is 5.53. The average Bonchev–Trinajstić information content (AvgIpc) is 2.26. The molecular weight excluding hydrogens is 227 g/mol. The molecule has 0 aliphatic rings. The monoisotopic (exact) mass is 244 g/mol.